The lowest BCUT2D eigenvalue weighted by atomic mass is 10.2. The lowest BCUT2D eigenvalue weighted by molar-refractivity contribution is -0.131. The van der Waals surface area contributed by atoms with E-state index in [1.54, 1.807) is 12.1 Å². The SMILES string of the molecule is O=C(CCNC(=O)Nc1ccccc1)NCCC(=O)N1CCN(c2ccccc2)CC1. The number of benzene rings is 2. The molecule has 8 heteroatoms. The molecular weight excluding hydrogens is 394 g/mol. The summed E-state index contributed by atoms with van der Waals surface area (Å²) in [6, 6.07) is 18.9. The molecule has 8 nitrogen and oxygen atoms in total. The van der Waals surface area contributed by atoms with Gasteiger partial charge in [-0.05, 0) is 24.3 Å². The predicted octanol–water partition coefficient (Wildman–Crippen LogP) is 2.05. The Hall–Kier alpha value is -3.55. The summed E-state index contributed by atoms with van der Waals surface area (Å²) in [6.07, 6.45) is 0.436. The van der Waals surface area contributed by atoms with Gasteiger partial charge in [-0.1, -0.05) is 36.4 Å². The first-order valence-electron chi connectivity index (χ1n) is 10.6. The molecule has 2 aromatic carbocycles. The summed E-state index contributed by atoms with van der Waals surface area (Å²) in [5.74, 6) is -0.143. The predicted molar refractivity (Wildman–Crippen MR) is 121 cm³/mol. The zero-order chi connectivity index (χ0) is 21.9. The van der Waals surface area contributed by atoms with E-state index in [-0.39, 0.29) is 37.2 Å². The van der Waals surface area contributed by atoms with E-state index in [0.717, 1.165) is 13.1 Å². The second-order valence-corrected chi connectivity index (χ2v) is 7.30. The highest BCUT2D eigenvalue weighted by Crippen LogP contribution is 2.15. The van der Waals surface area contributed by atoms with Gasteiger partial charge >= 0.3 is 6.03 Å². The average Bonchev–Trinajstić information content (AvgIpc) is 2.80. The normalized spacial score (nSPS) is 13.4. The van der Waals surface area contributed by atoms with Crippen LogP contribution in [-0.2, 0) is 9.59 Å². The first-order chi connectivity index (χ1) is 15.1. The molecule has 0 radical (unpaired) electrons. The topological polar surface area (TPSA) is 93.8 Å². The van der Waals surface area contributed by atoms with Crippen molar-refractivity contribution in [3.63, 3.8) is 0 Å². The van der Waals surface area contributed by atoms with Crippen molar-refractivity contribution < 1.29 is 14.4 Å². The van der Waals surface area contributed by atoms with Gasteiger partial charge in [0.2, 0.25) is 11.8 Å². The molecule has 0 atom stereocenters. The molecule has 3 rings (SSSR count). The van der Waals surface area contributed by atoms with Crippen molar-refractivity contribution in [3.8, 4) is 0 Å². The van der Waals surface area contributed by atoms with Gasteiger partial charge in [0.25, 0.3) is 0 Å². The van der Waals surface area contributed by atoms with Gasteiger partial charge in [0.05, 0.1) is 0 Å². The number of nitrogens with zero attached hydrogens (tertiary/aromatic N) is 2. The number of carbonyl (C=O) groups is 3. The molecular formula is C23H29N5O3. The van der Waals surface area contributed by atoms with Crippen molar-refractivity contribution in [1.82, 2.24) is 15.5 Å². The van der Waals surface area contributed by atoms with E-state index < -0.39 is 0 Å². The van der Waals surface area contributed by atoms with E-state index >= 15 is 0 Å². The van der Waals surface area contributed by atoms with E-state index in [2.05, 4.69) is 33.0 Å². The number of anilines is 2. The number of piperazine rings is 1. The van der Waals surface area contributed by atoms with Crippen molar-refractivity contribution >= 4 is 29.2 Å². The van der Waals surface area contributed by atoms with Gasteiger partial charge < -0.3 is 25.8 Å². The Kier molecular flexibility index (Phi) is 8.28. The number of para-hydroxylation sites is 2. The summed E-state index contributed by atoms with van der Waals surface area (Å²) in [5.41, 5.74) is 1.86. The van der Waals surface area contributed by atoms with E-state index in [1.807, 2.05) is 41.3 Å². The van der Waals surface area contributed by atoms with Crippen LogP contribution in [0.4, 0.5) is 16.2 Å². The Labute approximate surface area is 182 Å². The molecule has 164 valence electrons. The Bertz CT molecular complexity index is 852. The summed E-state index contributed by atoms with van der Waals surface area (Å²) in [7, 11) is 0. The number of hydrogen-bond donors (Lipinski definition) is 3. The molecule has 0 aromatic heterocycles. The highest BCUT2D eigenvalue weighted by Gasteiger charge is 2.20. The van der Waals surface area contributed by atoms with Crippen LogP contribution in [0.5, 0.6) is 0 Å². The molecule has 0 spiro atoms. The highest BCUT2D eigenvalue weighted by molar-refractivity contribution is 5.89. The molecule has 31 heavy (non-hydrogen) atoms. The van der Waals surface area contributed by atoms with Crippen LogP contribution in [0.25, 0.3) is 0 Å². The third-order valence-electron chi connectivity index (χ3n) is 5.08. The third kappa shape index (κ3) is 7.33. The molecule has 1 heterocycles. The second kappa shape index (κ2) is 11.6. The van der Waals surface area contributed by atoms with Crippen LogP contribution >= 0.6 is 0 Å². The maximum atomic E-state index is 12.4. The fraction of sp³-hybridized carbons (Fsp3) is 0.348. The molecule has 1 saturated heterocycles. The maximum absolute atomic E-state index is 12.4. The molecule has 0 saturated carbocycles. The van der Waals surface area contributed by atoms with Gasteiger partial charge in [-0.3, -0.25) is 9.59 Å². The summed E-state index contributed by atoms with van der Waals surface area (Å²) in [5, 5.41) is 8.07. The van der Waals surface area contributed by atoms with Crippen LogP contribution in [0.1, 0.15) is 12.8 Å². The second-order valence-electron chi connectivity index (χ2n) is 7.30. The first kappa shape index (κ1) is 22.1. The van der Waals surface area contributed by atoms with Gasteiger partial charge in [0, 0.05) is 63.5 Å². The monoisotopic (exact) mass is 423 g/mol. The van der Waals surface area contributed by atoms with E-state index in [9.17, 15) is 14.4 Å². The molecule has 3 N–H and O–H groups in total. The number of urea groups is 1. The van der Waals surface area contributed by atoms with Crippen LogP contribution in [0.15, 0.2) is 60.7 Å². The Balaban J connectivity index is 1.26. The van der Waals surface area contributed by atoms with Crippen molar-refractivity contribution in [2.24, 2.45) is 0 Å². The van der Waals surface area contributed by atoms with Crippen LogP contribution in [0, 0.1) is 0 Å². The number of nitrogens with one attached hydrogen (secondary N) is 3. The molecule has 0 unspecified atom stereocenters. The van der Waals surface area contributed by atoms with Gasteiger partial charge in [0.15, 0.2) is 0 Å². The number of carbonyl (C=O) groups excluding carboxylic acids is 3. The zero-order valence-electron chi connectivity index (χ0n) is 17.5. The van der Waals surface area contributed by atoms with Crippen LogP contribution in [-0.4, -0.2) is 62.0 Å². The van der Waals surface area contributed by atoms with Crippen LogP contribution < -0.4 is 20.9 Å². The largest absolute Gasteiger partial charge is 0.368 e. The van der Waals surface area contributed by atoms with Gasteiger partial charge in [-0.2, -0.15) is 0 Å². The van der Waals surface area contributed by atoms with Gasteiger partial charge in [0.1, 0.15) is 0 Å². The minimum atomic E-state index is -0.358. The summed E-state index contributed by atoms with van der Waals surface area (Å²) in [6.45, 7) is 3.49. The maximum Gasteiger partial charge on any atom is 0.319 e. The fourth-order valence-electron chi connectivity index (χ4n) is 3.39. The third-order valence-corrected chi connectivity index (χ3v) is 5.08. The molecule has 0 aliphatic carbocycles. The Morgan fingerprint density at radius 1 is 0.742 bits per heavy atom. The average molecular weight is 424 g/mol. The van der Waals surface area contributed by atoms with Gasteiger partial charge in [-0.15, -0.1) is 0 Å². The van der Waals surface area contributed by atoms with E-state index in [4.69, 9.17) is 0 Å². The minimum absolute atomic E-state index is 0.0494. The molecule has 1 aliphatic heterocycles. The Morgan fingerprint density at radius 2 is 1.35 bits per heavy atom. The van der Waals surface area contributed by atoms with E-state index in [1.165, 1.54) is 5.69 Å². The van der Waals surface area contributed by atoms with Crippen LogP contribution in [0.2, 0.25) is 0 Å². The lowest BCUT2D eigenvalue weighted by Gasteiger charge is -2.36. The quantitative estimate of drug-likeness (QED) is 0.606. The summed E-state index contributed by atoms with van der Waals surface area (Å²) >= 11 is 0. The molecule has 4 amide bonds. The molecule has 1 aliphatic rings. The molecule has 1 fully saturated rings. The Morgan fingerprint density at radius 3 is 2.03 bits per heavy atom. The first-order valence-corrected chi connectivity index (χ1v) is 10.6. The van der Waals surface area contributed by atoms with Crippen molar-refractivity contribution in [2.45, 2.75) is 12.8 Å². The smallest absolute Gasteiger partial charge is 0.319 e. The van der Waals surface area contributed by atoms with Crippen molar-refractivity contribution in [1.29, 1.82) is 0 Å². The molecule has 0 bridgehead atoms. The fourth-order valence-corrected chi connectivity index (χ4v) is 3.39. The van der Waals surface area contributed by atoms with Crippen molar-refractivity contribution in [2.75, 3.05) is 49.5 Å². The minimum Gasteiger partial charge on any atom is -0.368 e. The summed E-state index contributed by atoms with van der Waals surface area (Å²) < 4.78 is 0. The van der Waals surface area contributed by atoms with Crippen LogP contribution in [0.3, 0.4) is 0 Å². The van der Waals surface area contributed by atoms with Gasteiger partial charge in [-0.25, -0.2) is 4.79 Å². The number of hydrogen-bond acceptors (Lipinski definition) is 4. The zero-order valence-corrected chi connectivity index (χ0v) is 17.5. The standard InChI is InChI=1S/C23H29N5O3/c29-21(11-13-25-23(31)26-19-7-3-1-4-8-19)24-14-12-22(30)28-17-15-27(16-18-28)20-9-5-2-6-10-20/h1-10H,11-18H2,(H,24,29)(H2,25,26,31). The van der Waals surface area contributed by atoms with E-state index in [0.29, 0.717) is 25.3 Å². The number of rotatable bonds is 8. The van der Waals surface area contributed by atoms with Crippen molar-refractivity contribution in [3.05, 3.63) is 60.7 Å². The number of amides is 4. The highest BCUT2D eigenvalue weighted by atomic mass is 16.2. The molecule has 2 aromatic rings. The lowest BCUT2D eigenvalue weighted by Crippen LogP contribution is -2.49. The summed E-state index contributed by atoms with van der Waals surface area (Å²) in [4.78, 5) is 40.2.